The first-order valence-corrected chi connectivity index (χ1v) is 5.99. The minimum atomic E-state index is -2.82. The van der Waals surface area contributed by atoms with E-state index in [0.717, 1.165) is 0 Å². The molecule has 0 aromatic carbocycles. The second kappa shape index (κ2) is 6.70. The summed E-state index contributed by atoms with van der Waals surface area (Å²) in [7, 11) is 2.48. The first kappa shape index (κ1) is 12.2. The Morgan fingerprint density at radius 2 is 1.75 bits per heavy atom. The van der Waals surface area contributed by atoms with Crippen LogP contribution in [0.1, 0.15) is 20.3 Å². The number of rotatable bonds is 7. The minimum absolute atomic E-state index is 0.419. The molecule has 3 nitrogen and oxygen atoms in total. The van der Waals surface area contributed by atoms with Crippen LogP contribution in [-0.2, 0) is 13.6 Å². The predicted molar refractivity (Wildman–Crippen MR) is 50.9 cm³/mol. The maximum atomic E-state index is 11.7. The highest BCUT2D eigenvalue weighted by molar-refractivity contribution is 7.53. The standard InChI is InChI=1S/C7H16BO3P/c1-3-10-12(9,11-4-2)7-5-6-8/h3-7H2,1-2H3. The van der Waals surface area contributed by atoms with E-state index < -0.39 is 7.60 Å². The summed E-state index contributed by atoms with van der Waals surface area (Å²) in [6, 6.07) is 0. The first-order chi connectivity index (χ1) is 5.68. The highest BCUT2D eigenvalue weighted by Gasteiger charge is 2.21. The van der Waals surface area contributed by atoms with Gasteiger partial charge in [-0.15, -0.1) is 0 Å². The van der Waals surface area contributed by atoms with E-state index in [1.54, 1.807) is 13.8 Å². The fourth-order valence-corrected chi connectivity index (χ4v) is 2.53. The molecule has 0 bridgehead atoms. The molecule has 2 radical (unpaired) electrons. The van der Waals surface area contributed by atoms with Crippen molar-refractivity contribution < 1.29 is 13.6 Å². The molecule has 0 amide bonds. The Bertz CT molecular complexity index is 142. The van der Waals surface area contributed by atoms with E-state index in [9.17, 15) is 4.57 Å². The van der Waals surface area contributed by atoms with Crippen LogP contribution >= 0.6 is 7.60 Å². The van der Waals surface area contributed by atoms with E-state index in [2.05, 4.69) is 0 Å². The summed E-state index contributed by atoms with van der Waals surface area (Å²) < 4.78 is 21.8. The van der Waals surface area contributed by atoms with Crippen LogP contribution in [0.5, 0.6) is 0 Å². The van der Waals surface area contributed by atoms with Crippen molar-refractivity contribution in [2.24, 2.45) is 0 Å². The molecular weight excluding hydrogens is 174 g/mol. The summed E-state index contributed by atoms with van der Waals surface area (Å²) in [5.41, 5.74) is 0. The molecule has 0 aromatic heterocycles. The lowest BCUT2D eigenvalue weighted by atomic mass is 10.0. The van der Waals surface area contributed by atoms with E-state index >= 15 is 0 Å². The molecule has 0 fully saturated rings. The molecule has 0 saturated carbocycles. The zero-order valence-electron chi connectivity index (χ0n) is 7.78. The third-order valence-corrected chi connectivity index (χ3v) is 3.45. The minimum Gasteiger partial charge on any atom is -0.309 e. The Morgan fingerprint density at radius 1 is 1.25 bits per heavy atom. The van der Waals surface area contributed by atoms with E-state index in [-0.39, 0.29) is 0 Å². The van der Waals surface area contributed by atoms with Gasteiger partial charge in [-0.2, -0.15) is 0 Å². The molecule has 0 aliphatic heterocycles. The van der Waals surface area contributed by atoms with Gasteiger partial charge in [0.25, 0.3) is 0 Å². The molecule has 0 aliphatic carbocycles. The smallest absolute Gasteiger partial charge is 0.309 e. The van der Waals surface area contributed by atoms with Gasteiger partial charge in [0.2, 0.25) is 0 Å². The van der Waals surface area contributed by atoms with Gasteiger partial charge in [-0.1, -0.05) is 6.32 Å². The molecular formula is C7H16BO3P. The van der Waals surface area contributed by atoms with Crippen LogP contribution in [-0.4, -0.2) is 27.2 Å². The molecule has 70 valence electrons. The summed E-state index contributed by atoms with van der Waals surface area (Å²) in [6.07, 6.45) is 1.62. The van der Waals surface area contributed by atoms with Gasteiger partial charge in [-0.3, -0.25) is 4.57 Å². The van der Waals surface area contributed by atoms with Gasteiger partial charge in [-0.05, 0) is 20.3 Å². The SMILES string of the molecule is [B]CCCP(=O)(OCC)OCC. The van der Waals surface area contributed by atoms with Crippen LogP contribution in [0.25, 0.3) is 0 Å². The molecule has 12 heavy (non-hydrogen) atoms. The quantitative estimate of drug-likeness (QED) is 0.456. The third-order valence-electron chi connectivity index (χ3n) is 1.29. The highest BCUT2D eigenvalue weighted by Crippen LogP contribution is 2.48. The molecule has 0 saturated heterocycles. The van der Waals surface area contributed by atoms with Crippen LogP contribution in [0.15, 0.2) is 0 Å². The summed E-state index contributed by atoms with van der Waals surface area (Å²) in [5.74, 6) is 0. The predicted octanol–water partition coefficient (Wildman–Crippen LogP) is 2.23. The molecule has 0 heterocycles. The fourth-order valence-electron chi connectivity index (χ4n) is 0.845. The van der Waals surface area contributed by atoms with Crippen LogP contribution in [0.2, 0.25) is 6.32 Å². The van der Waals surface area contributed by atoms with Crippen LogP contribution < -0.4 is 0 Å². The summed E-state index contributed by atoms with van der Waals surface area (Å²) >= 11 is 0. The monoisotopic (exact) mass is 190 g/mol. The van der Waals surface area contributed by atoms with Crippen molar-refractivity contribution in [3.05, 3.63) is 0 Å². The molecule has 0 aliphatic rings. The van der Waals surface area contributed by atoms with Gasteiger partial charge < -0.3 is 9.05 Å². The Morgan fingerprint density at radius 3 is 2.08 bits per heavy atom. The fraction of sp³-hybridized carbons (Fsp3) is 1.00. The second-order valence-electron chi connectivity index (χ2n) is 2.31. The van der Waals surface area contributed by atoms with Gasteiger partial charge in [0, 0.05) is 6.16 Å². The lowest BCUT2D eigenvalue weighted by Crippen LogP contribution is -1.99. The molecule has 0 aromatic rings. The lowest BCUT2D eigenvalue weighted by Gasteiger charge is -2.16. The van der Waals surface area contributed by atoms with Crippen molar-refractivity contribution in [3.8, 4) is 0 Å². The van der Waals surface area contributed by atoms with Gasteiger partial charge in [0.15, 0.2) is 0 Å². The second-order valence-corrected chi connectivity index (χ2v) is 4.50. The van der Waals surface area contributed by atoms with Gasteiger partial charge in [0.1, 0.15) is 0 Å². The Kier molecular flexibility index (Phi) is 6.82. The van der Waals surface area contributed by atoms with E-state index in [4.69, 9.17) is 16.9 Å². The highest BCUT2D eigenvalue weighted by atomic mass is 31.2. The molecule has 0 unspecified atom stereocenters. The van der Waals surface area contributed by atoms with Crippen LogP contribution in [0.3, 0.4) is 0 Å². The Balaban J connectivity index is 3.90. The average Bonchev–Trinajstić information content (AvgIpc) is 2.02. The third kappa shape index (κ3) is 4.97. The molecule has 5 heteroatoms. The Hall–Kier alpha value is 0.215. The topological polar surface area (TPSA) is 35.5 Å². The normalized spacial score (nSPS) is 11.8. The van der Waals surface area contributed by atoms with Crippen molar-refractivity contribution in [3.63, 3.8) is 0 Å². The van der Waals surface area contributed by atoms with Gasteiger partial charge >= 0.3 is 7.60 Å². The molecule has 0 rings (SSSR count). The molecule has 0 spiro atoms. The van der Waals surface area contributed by atoms with Crippen molar-refractivity contribution in [2.75, 3.05) is 19.4 Å². The van der Waals surface area contributed by atoms with Crippen molar-refractivity contribution in [2.45, 2.75) is 26.6 Å². The average molecular weight is 190 g/mol. The van der Waals surface area contributed by atoms with Crippen molar-refractivity contribution >= 4 is 15.4 Å². The maximum absolute atomic E-state index is 11.7. The van der Waals surface area contributed by atoms with Crippen molar-refractivity contribution in [1.82, 2.24) is 0 Å². The number of hydrogen-bond donors (Lipinski definition) is 0. The number of hydrogen-bond acceptors (Lipinski definition) is 3. The first-order valence-electron chi connectivity index (χ1n) is 4.26. The Labute approximate surface area is 75.8 Å². The van der Waals surface area contributed by atoms with E-state index in [1.807, 2.05) is 0 Å². The van der Waals surface area contributed by atoms with Gasteiger partial charge in [-0.25, -0.2) is 0 Å². The lowest BCUT2D eigenvalue weighted by molar-refractivity contribution is 0.220. The summed E-state index contributed by atoms with van der Waals surface area (Å²) in [5, 5.41) is 0. The van der Waals surface area contributed by atoms with Crippen molar-refractivity contribution in [1.29, 1.82) is 0 Å². The molecule has 0 atom stereocenters. The van der Waals surface area contributed by atoms with E-state index in [1.165, 1.54) is 0 Å². The molecule has 0 N–H and O–H groups in total. The summed E-state index contributed by atoms with van der Waals surface area (Å²) in [4.78, 5) is 0. The van der Waals surface area contributed by atoms with Crippen LogP contribution in [0, 0.1) is 0 Å². The van der Waals surface area contributed by atoms with E-state index in [0.29, 0.717) is 32.1 Å². The largest absolute Gasteiger partial charge is 0.330 e. The van der Waals surface area contributed by atoms with Gasteiger partial charge in [0.05, 0.1) is 21.1 Å². The zero-order chi connectivity index (χ0) is 9.45. The van der Waals surface area contributed by atoms with Crippen LogP contribution in [0.4, 0.5) is 0 Å². The maximum Gasteiger partial charge on any atom is 0.330 e. The zero-order valence-corrected chi connectivity index (χ0v) is 8.68. The summed E-state index contributed by atoms with van der Waals surface area (Å²) in [6.45, 7) is 4.44.